The molecule has 1 N–H and O–H groups in total. The van der Waals surface area contributed by atoms with E-state index in [1.165, 1.54) is 5.56 Å². The van der Waals surface area contributed by atoms with Crippen molar-refractivity contribution in [3.8, 4) is 11.4 Å². The van der Waals surface area contributed by atoms with Gasteiger partial charge in [-0.15, -0.1) is 0 Å². The SMILES string of the molecule is Fc1cc(CNC2COc3ccccc3C2)ccc1-n1ccnc1. The van der Waals surface area contributed by atoms with Gasteiger partial charge < -0.3 is 14.6 Å². The highest BCUT2D eigenvalue weighted by atomic mass is 19.1. The largest absolute Gasteiger partial charge is 0.492 e. The van der Waals surface area contributed by atoms with Gasteiger partial charge in [0.1, 0.15) is 18.2 Å². The number of imidazole rings is 1. The third-order valence-electron chi connectivity index (χ3n) is 4.27. The monoisotopic (exact) mass is 323 g/mol. The van der Waals surface area contributed by atoms with Crippen molar-refractivity contribution in [1.29, 1.82) is 0 Å². The van der Waals surface area contributed by atoms with E-state index in [4.69, 9.17) is 4.74 Å². The van der Waals surface area contributed by atoms with Gasteiger partial charge in [-0.25, -0.2) is 9.37 Å². The van der Waals surface area contributed by atoms with E-state index in [9.17, 15) is 4.39 Å². The van der Waals surface area contributed by atoms with Gasteiger partial charge in [0, 0.05) is 25.0 Å². The first-order valence-corrected chi connectivity index (χ1v) is 8.00. The van der Waals surface area contributed by atoms with Crippen LogP contribution in [-0.2, 0) is 13.0 Å². The first kappa shape index (κ1) is 14.9. The fraction of sp³-hybridized carbons (Fsp3) is 0.211. The molecule has 2 aromatic carbocycles. The van der Waals surface area contributed by atoms with E-state index in [0.29, 0.717) is 18.8 Å². The molecule has 1 aliphatic heterocycles. The Kier molecular flexibility index (Phi) is 4.01. The highest BCUT2D eigenvalue weighted by molar-refractivity contribution is 5.37. The molecule has 0 fully saturated rings. The van der Waals surface area contributed by atoms with E-state index in [1.54, 1.807) is 35.4 Å². The second kappa shape index (κ2) is 6.45. The molecule has 122 valence electrons. The summed E-state index contributed by atoms with van der Waals surface area (Å²) >= 11 is 0. The van der Waals surface area contributed by atoms with Crippen molar-refractivity contribution in [2.75, 3.05) is 6.61 Å². The van der Waals surface area contributed by atoms with E-state index < -0.39 is 0 Å². The zero-order valence-electron chi connectivity index (χ0n) is 13.2. The van der Waals surface area contributed by atoms with Crippen molar-refractivity contribution in [2.45, 2.75) is 19.0 Å². The summed E-state index contributed by atoms with van der Waals surface area (Å²) in [5.41, 5.74) is 2.63. The minimum atomic E-state index is -0.252. The number of rotatable bonds is 4. The van der Waals surface area contributed by atoms with E-state index in [2.05, 4.69) is 16.4 Å². The number of fused-ring (bicyclic) bond motifs is 1. The van der Waals surface area contributed by atoms with Gasteiger partial charge in [0.15, 0.2) is 0 Å². The quantitative estimate of drug-likeness (QED) is 0.802. The van der Waals surface area contributed by atoms with Crippen molar-refractivity contribution >= 4 is 0 Å². The fourth-order valence-corrected chi connectivity index (χ4v) is 2.99. The number of aromatic nitrogens is 2. The molecule has 3 aromatic rings. The first-order valence-electron chi connectivity index (χ1n) is 8.00. The van der Waals surface area contributed by atoms with Crippen LogP contribution in [0.15, 0.2) is 61.2 Å². The number of nitrogens with zero attached hydrogens (tertiary/aromatic N) is 2. The van der Waals surface area contributed by atoms with E-state index in [0.717, 1.165) is 17.7 Å². The van der Waals surface area contributed by atoms with Crippen molar-refractivity contribution in [3.63, 3.8) is 0 Å². The molecule has 4 rings (SSSR count). The Morgan fingerprint density at radius 3 is 3.00 bits per heavy atom. The Balaban J connectivity index is 1.41. The summed E-state index contributed by atoms with van der Waals surface area (Å²) in [6.45, 7) is 1.24. The average Bonchev–Trinajstić information content (AvgIpc) is 3.14. The smallest absolute Gasteiger partial charge is 0.147 e. The summed E-state index contributed by atoms with van der Waals surface area (Å²) in [6.07, 6.45) is 5.88. The summed E-state index contributed by atoms with van der Waals surface area (Å²) in [5.74, 6) is 0.712. The van der Waals surface area contributed by atoms with Crippen molar-refractivity contribution in [2.24, 2.45) is 0 Å². The summed E-state index contributed by atoms with van der Waals surface area (Å²) < 4.78 is 21.7. The van der Waals surface area contributed by atoms with Gasteiger partial charge in [0.2, 0.25) is 0 Å². The standard InChI is InChI=1S/C19H18FN3O/c20-17-9-14(5-6-18(17)23-8-7-21-13-23)11-22-16-10-15-3-1-2-4-19(15)24-12-16/h1-9,13,16,22H,10-12H2. The van der Waals surface area contributed by atoms with Gasteiger partial charge in [-0.1, -0.05) is 24.3 Å². The summed E-state index contributed by atoms with van der Waals surface area (Å²) in [7, 11) is 0. The lowest BCUT2D eigenvalue weighted by Gasteiger charge is -2.26. The first-order chi connectivity index (χ1) is 11.8. The van der Waals surface area contributed by atoms with Gasteiger partial charge >= 0.3 is 0 Å². The minimum absolute atomic E-state index is 0.233. The van der Waals surface area contributed by atoms with Crippen LogP contribution in [0.2, 0.25) is 0 Å². The molecule has 2 heterocycles. The molecule has 0 saturated carbocycles. The number of benzene rings is 2. The van der Waals surface area contributed by atoms with Gasteiger partial charge in [0.05, 0.1) is 12.0 Å². The van der Waals surface area contributed by atoms with Crippen LogP contribution in [0.1, 0.15) is 11.1 Å². The van der Waals surface area contributed by atoms with Gasteiger partial charge in [-0.3, -0.25) is 0 Å². The normalized spacial score (nSPS) is 16.5. The van der Waals surface area contributed by atoms with E-state index >= 15 is 0 Å². The van der Waals surface area contributed by atoms with Crippen molar-refractivity contribution < 1.29 is 9.13 Å². The van der Waals surface area contributed by atoms with E-state index in [-0.39, 0.29) is 11.9 Å². The van der Waals surface area contributed by atoms with Crippen LogP contribution < -0.4 is 10.1 Å². The Hall–Kier alpha value is -2.66. The lowest BCUT2D eigenvalue weighted by molar-refractivity contribution is 0.238. The second-order valence-electron chi connectivity index (χ2n) is 5.96. The molecule has 0 spiro atoms. The topological polar surface area (TPSA) is 39.1 Å². The third-order valence-corrected chi connectivity index (χ3v) is 4.27. The second-order valence-corrected chi connectivity index (χ2v) is 5.96. The number of ether oxygens (including phenoxy) is 1. The predicted octanol–water partition coefficient (Wildman–Crippen LogP) is 3.10. The molecule has 1 aliphatic rings. The average molecular weight is 323 g/mol. The lowest BCUT2D eigenvalue weighted by atomic mass is 10.0. The molecule has 1 unspecified atom stereocenters. The van der Waals surface area contributed by atoms with Gasteiger partial charge in [0.25, 0.3) is 0 Å². The predicted molar refractivity (Wildman–Crippen MR) is 89.8 cm³/mol. The van der Waals surface area contributed by atoms with Crippen LogP contribution in [0.4, 0.5) is 4.39 Å². The number of halogens is 1. The molecule has 0 aliphatic carbocycles. The van der Waals surface area contributed by atoms with Crippen LogP contribution in [-0.4, -0.2) is 22.2 Å². The summed E-state index contributed by atoms with van der Waals surface area (Å²) in [6, 6.07) is 13.6. The number of hydrogen-bond acceptors (Lipinski definition) is 3. The molecular weight excluding hydrogens is 305 g/mol. The Morgan fingerprint density at radius 2 is 2.17 bits per heavy atom. The van der Waals surface area contributed by atoms with Gasteiger partial charge in [-0.05, 0) is 35.7 Å². The maximum absolute atomic E-state index is 14.3. The number of hydrogen-bond donors (Lipinski definition) is 1. The Morgan fingerprint density at radius 1 is 1.25 bits per heavy atom. The zero-order valence-corrected chi connectivity index (χ0v) is 13.2. The zero-order chi connectivity index (χ0) is 16.4. The molecule has 0 amide bonds. The minimum Gasteiger partial charge on any atom is -0.492 e. The van der Waals surface area contributed by atoms with Crippen LogP contribution in [0.3, 0.4) is 0 Å². The third kappa shape index (κ3) is 3.03. The summed E-state index contributed by atoms with van der Waals surface area (Å²) in [4.78, 5) is 3.95. The van der Waals surface area contributed by atoms with Crippen LogP contribution >= 0.6 is 0 Å². The molecule has 0 radical (unpaired) electrons. The van der Waals surface area contributed by atoms with Crippen LogP contribution in [0.5, 0.6) is 5.75 Å². The maximum Gasteiger partial charge on any atom is 0.147 e. The number of para-hydroxylation sites is 1. The Labute approximate surface area is 139 Å². The fourth-order valence-electron chi connectivity index (χ4n) is 2.99. The highest BCUT2D eigenvalue weighted by Gasteiger charge is 2.18. The number of nitrogens with one attached hydrogen (secondary N) is 1. The Bertz CT molecular complexity index is 832. The maximum atomic E-state index is 14.3. The van der Waals surface area contributed by atoms with Crippen molar-refractivity contribution in [1.82, 2.24) is 14.9 Å². The summed E-state index contributed by atoms with van der Waals surface area (Å²) in [5, 5.41) is 3.45. The lowest BCUT2D eigenvalue weighted by Crippen LogP contribution is -2.38. The molecule has 4 nitrogen and oxygen atoms in total. The molecule has 24 heavy (non-hydrogen) atoms. The molecular formula is C19H18FN3O. The highest BCUT2D eigenvalue weighted by Crippen LogP contribution is 2.24. The molecule has 0 bridgehead atoms. The van der Waals surface area contributed by atoms with Crippen LogP contribution in [0.25, 0.3) is 5.69 Å². The van der Waals surface area contributed by atoms with Crippen LogP contribution in [0, 0.1) is 5.82 Å². The van der Waals surface area contributed by atoms with E-state index in [1.807, 2.05) is 24.3 Å². The van der Waals surface area contributed by atoms with Gasteiger partial charge in [-0.2, -0.15) is 0 Å². The molecule has 0 saturated heterocycles. The molecule has 1 aromatic heterocycles. The van der Waals surface area contributed by atoms with Crippen molar-refractivity contribution in [3.05, 3.63) is 78.1 Å². The molecule has 5 heteroatoms. The molecule has 1 atom stereocenters.